The maximum absolute atomic E-state index is 12.5. The van der Waals surface area contributed by atoms with Gasteiger partial charge in [-0.05, 0) is 37.5 Å². The fourth-order valence-electron chi connectivity index (χ4n) is 2.73. The van der Waals surface area contributed by atoms with Gasteiger partial charge in [0.25, 0.3) is 0 Å². The van der Waals surface area contributed by atoms with Gasteiger partial charge in [0.15, 0.2) is 0 Å². The molecule has 0 saturated heterocycles. The molecule has 1 N–H and O–H groups in total. The predicted octanol–water partition coefficient (Wildman–Crippen LogP) is 2.97. The van der Waals surface area contributed by atoms with Crippen LogP contribution in [-0.2, 0) is 4.79 Å². The van der Waals surface area contributed by atoms with E-state index in [0.717, 1.165) is 6.42 Å². The quantitative estimate of drug-likeness (QED) is 0.813. The van der Waals surface area contributed by atoms with E-state index >= 15 is 0 Å². The predicted molar refractivity (Wildman–Crippen MR) is 61.8 cm³/mol. The zero-order valence-electron chi connectivity index (χ0n) is 10.5. The van der Waals surface area contributed by atoms with Gasteiger partial charge in [-0.15, -0.1) is 0 Å². The van der Waals surface area contributed by atoms with Crippen molar-refractivity contribution >= 4 is 5.91 Å². The number of alkyl halides is 2. The number of hydrogen-bond donors (Lipinski definition) is 1. The number of carbonyl (C=O) groups excluding carboxylic acids is 1. The summed E-state index contributed by atoms with van der Waals surface area (Å²) in [6.07, 6.45) is 1.23. The van der Waals surface area contributed by atoms with Crippen molar-refractivity contribution in [1.82, 2.24) is 5.32 Å². The number of amides is 1. The van der Waals surface area contributed by atoms with E-state index < -0.39 is 12.3 Å². The molecule has 0 aromatic carbocycles. The molecule has 0 aromatic heterocycles. The minimum atomic E-state index is -2.20. The zero-order valence-corrected chi connectivity index (χ0v) is 10.5. The topological polar surface area (TPSA) is 29.1 Å². The fraction of sp³-hybridized carbons (Fsp3) is 0.923. The highest BCUT2D eigenvalue weighted by Gasteiger charge is 2.50. The van der Waals surface area contributed by atoms with E-state index in [-0.39, 0.29) is 23.3 Å². The molecule has 0 heterocycles. The Kier molecular flexibility index (Phi) is 3.41. The van der Waals surface area contributed by atoms with E-state index in [1.807, 2.05) is 0 Å². The number of rotatable bonds is 3. The molecular weight excluding hydrogens is 224 g/mol. The van der Waals surface area contributed by atoms with Crippen molar-refractivity contribution in [3.8, 4) is 0 Å². The highest BCUT2D eigenvalue weighted by Crippen LogP contribution is 2.51. The van der Waals surface area contributed by atoms with Gasteiger partial charge in [-0.2, -0.15) is 0 Å². The summed E-state index contributed by atoms with van der Waals surface area (Å²) in [7, 11) is 0. The standard InChI is InChI=1S/C13H21F2NO/c1-13(2)7-10(13)12(17)16-9-5-3-8(4-6-9)11(14)15/h8-11H,3-7H2,1-2H3,(H,16,17)/t8?,9?,10-/m1/s1. The Balaban J connectivity index is 1.73. The van der Waals surface area contributed by atoms with Crippen LogP contribution in [-0.4, -0.2) is 18.4 Å². The summed E-state index contributed by atoms with van der Waals surface area (Å²) in [5.74, 6) is -0.202. The Morgan fingerprint density at radius 2 is 1.76 bits per heavy atom. The molecule has 0 aliphatic heterocycles. The van der Waals surface area contributed by atoms with E-state index in [2.05, 4.69) is 19.2 Å². The lowest BCUT2D eigenvalue weighted by Gasteiger charge is -2.28. The molecule has 2 fully saturated rings. The lowest BCUT2D eigenvalue weighted by molar-refractivity contribution is -0.124. The molecule has 0 spiro atoms. The minimum Gasteiger partial charge on any atom is -0.353 e. The molecule has 2 aliphatic carbocycles. The minimum absolute atomic E-state index is 0.119. The molecule has 1 atom stereocenters. The normalized spacial score (nSPS) is 35.7. The Morgan fingerprint density at radius 1 is 1.24 bits per heavy atom. The molecule has 2 rings (SSSR count). The molecule has 2 aliphatic rings. The summed E-state index contributed by atoms with van der Waals surface area (Å²) in [5.41, 5.74) is 0.143. The maximum atomic E-state index is 12.5. The van der Waals surface area contributed by atoms with E-state index in [1.165, 1.54) is 0 Å². The van der Waals surface area contributed by atoms with Crippen LogP contribution in [0.1, 0.15) is 46.0 Å². The SMILES string of the molecule is CC1(C)C[C@@H]1C(=O)NC1CCC(C(F)F)CC1. The smallest absolute Gasteiger partial charge is 0.241 e. The van der Waals surface area contributed by atoms with Crippen LogP contribution in [0, 0.1) is 17.3 Å². The van der Waals surface area contributed by atoms with Gasteiger partial charge in [-0.25, -0.2) is 8.78 Å². The average Bonchev–Trinajstić information content (AvgIpc) is 2.89. The summed E-state index contributed by atoms with van der Waals surface area (Å²) in [4.78, 5) is 11.8. The van der Waals surface area contributed by atoms with E-state index in [1.54, 1.807) is 0 Å². The molecule has 0 bridgehead atoms. The van der Waals surface area contributed by atoms with Crippen molar-refractivity contribution in [2.75, 3.05) is 0 Å². The summed E-state index contributed by atoms with van der Waals surface area (Å²) < 4.78 is 24.9. The van der Waals surface area contributed by atoms with E-state index in [0.29, 0.717) is 25.7 Å². The van der Waals surface area contributed by atoms with Crippen molar-refractivity contribution in [2.45, 2.75) is 58.4 Å². The largest absolute Gasteiger partial charge is 0.353 e. The van der Waals surface area contributed by atoms with Crippen LogP contribution < -0.4 is 5.32 Å². The first-order valence-corrected chi connectivity index (χ1v) is 6.48. The van der Waals surface area contributed by atoms with E-state index in [9.17, 15) is 13.6 Å². The van der Waals surface area contributed by atoms with Crippen LogP contribution in [0.2, 0.25) is 0 Å². The molecule has 0 radical (unpaired) electrons. The first-order valence-electron chi connectivity index (χ1n) is 6.48. The second-order valence-corrected chi connectivity index (χ2v) is 6.20. The van der Waals surface area contributed by atoms with Gasteiger partial charge in [0.1, 0.15) is 0 Å². The van der Waals surface area contributed by atoms with Gasteiger partial charge in [0.2, 0.25) is 12.3 Å². The van der Waals surface area contributed by atoms with Gasteiger partial charge in [0, 0.05) is 17.9 Å². The molecule has 17 heavy (non-hydrogen) atoms. The van der Waals surface area contributed by atoms with Gasteiger partial charge in [-0.1, -0.05) is 13.8 Å². The van der Waals surface area contributed by atoms with Crippen molar-refractivity contribution in [3.63, 3.8) is 0 Å². The average molecular weight is 245 g/mol. The molecule has 2 saturated carbocycles. The van der Waals surface area contributed by atoms with Gasteiger partial charge in [-0.3, -0.25) is 4.79 Å². The molecule has 98 valence electrons. The highest BCUT2D eigenvalue weighted by molar-refractivity contribution is 5.82. The summed E-state index contributed by atoms with van der Waals surface area (Å²) in [6.45, 7) is 4.18. The van der Waals surface area contributed by atoms with Crippen LogP contribution in [0.15, 0.2) is 0 Å². The third-order valence-electron chi connectivity index (χ3n) is 4.30. The first-order chi connectivity index (χ1) is 7.90. The zero-order chi connectivity index (χ0) is 12.6. The Hall–Kier alpha value is -0.670. The molecule has 1 amide bonds. The summed E-state index contributed by atoms with van der Waals surface area (Å²) in [6, 6.07) is 0.119. The number of hydrogen-bond acceptors (Lipinski definition) is 1. The van der Waals surface area contributed by atoms with Crippen molar-refractivity contribution < 1.29 is 13.6 Å². The van der Waals surface area contributed by atoms with Gasteiger partial charge in [0.05, 0.1) is 0 Å². The number of carbonyl (C=O) groups is 1. The van der Waals surface area contributed by atoms with Crippen molar-refractivity contribution in [2.24, 2.45) is 17.3 Å². The third-order valence-corrected chi connectivity index (χ3v) is 4.30. The van der Waals surface area contributed by atoms with Crippen LogP contribution in [0.5, 0.6) is 0 Å². The van der Waals surface area contributed by atoms with Gasteiger partial charge >= 0.3 is 0 Å². The third kappa shape index (κ3) is 2.96. The second-order valence-electron chi connectivity index (χ2n) is 6.20. The maximum Gasteiger partial charge on any atom is 0.241 e. The Morgan fingerprint density at radius 3 is 2.18 bits per heavy atom. The Labute approximate surface area is 101 Å². The molecule has 0 unspecified atom stereocenters. The molecule has 0 aromatic rings. The van der Waals surface area contributed by atoms with Crippen molar-refractivity contribution in [1.29, 1.82) is 0 Å². The summed E-state index contributed by atoms with van der Waals surface area (Å²) in [5, 5.41) is 3.01. The van der Waals surface area contributed by atoms with Crippen LogP contribution in [0.25, 0.3) is 0 Å². The number of halogens is 2. The highest BCUT2D eigenvalue weighted by atomic mass is 19.3. The fourth-order valence-corrected chi connectivity index (χ4v) is 2.73. The van der Waals surface area contributed by atoms with Crippen molar-refractivity contribution in [3.05, 3.63) is 0 Å². The molecular formula is C13H21F2NO. The Bertz CT molecular complexity index is 296. The van der Waals surface area contributed by atoms with Crippen LogP contribution in [0.3, 0.4) is 0 Å². The summed E-state index contributed by atoms with van der Waals surface area (Å²) >= 11 is 0. The van der Waals surface area contributed by atoms with Crippen LogP contribution in [0.4, 0.5) is 8.78 Å². The molecule has 2 nitrogen and oxygen atoms in total. The van der Waals surface area contributed by atoms with E-state index in [4.69, 9.17) is 0 Å². The number of nitrogens with one attached hydrogen (secondary N) is 1. The molecule has 4 heteroatoms. The first kappa shape index (κ1) is 12.8. The second kappa shape index (κ2) is 4.54. The lowest BCUT2D eigenvalue weighted by atomic mass is 9.86. The van der Waals surface area contributed by atoms with Gasteiger partial charge < -0.3 is 5.32 Å². The van der Waals surface area contributed by atoms with Crippen LogP contribution >= 0.6 is 0 Å². The lowest BCUT2D eigenvalue weighted by Crippen LogP contribution is -2.39. The monoisotopic (exact) mass is 245 g/mol.